The predicted molar refractivity (Wildman–Crippen MR) is 137 cm³/mol. The van der Waals surface area contributed by atoms with Gasteiger partial charge in [0.2, 0.25) is 12.0 Å². The van der Waals surface area contributed by atoms with Gasteiger partial charge in [-0.3, -0.25) is 4.99 Å². The summed E-state index contributed by atoms with van der Waals surface area (Å²) >= 11 is 1.72. The number of benzene rings is 1. The van der Waals surface area contributed by atoms with Crippen LogP contribution in [0, 0.1) is 5.92 Å². The Morgan fingerprint density at radius 1 is 1.09 bits per heavy atom. The molecule has 0 radical (unpaired) electrons. The Kier molecular flexibility index (Phi) is 5.17. The van der Waals surface area contributed by atoms with Crippen molar-refractivity contribution in [1.29, 1.82) is 0 Å². The van der Waals surface area contributed by atoms with E-state index < -0.39 is 0 Å². The van der Waals surface area contributed by atoms with Gasteiger partial charge < -0.3 is 5.73 Å². The highest BCUT2D eigenvalue weighted by atomic mass is 32.1. The summed E-state index contributed by atoms with van der Waals surface area (Å²) in [7, 11) is 0. The highest BCUT2D eigenvalue weighted by Gasteiger charge is 2.47. The quantitative estimate of drug-likeness (QED) is 0.520. The molecule has 33 heavy (non-hydrogen) atoms. The number of nitrogens with zero attached hydrogens (tertiary/aromatic N) is 5. The summed E-state index contributed by atoms with van der Waals surface area (Å²) in [6.45, 7) is 0.684. The molecule has 6 rings (SSSR count). The third-order valence-corrected chi connectivity index (χ3v) is 7.90. The molecule has 4 heterocycles. The summed E-state index contributed by atoms with van der Waals surface area (Å²) in [5.41, 5.74) is 10.5. The largest absolute Gasteiger partial charge is 0.330 e. The predicted octanol–water partition coefficient (Wildman–Crippen LogP) is 5.46. The van der Waals surface area contributed by atoms with Crippen molar-refractivity contribution < 1.29 is 4.59 Å². The summed E-state index contributed by atoms with van der Waals surface area (Å²) < 4.78 is 0.417. The fourth-order valence-electron chi connectivity index (χ4n) is 5.35. The zero-order valence-corrected chi connectivity index (χ0v) is 19.2. The molecule has 3 aromatic rings. The number of anilines is 1. The monoisotopic (exact) mass is 455 g/mol. The van der Waals surface area contributed by atoms with Gasteiger partial charge in [0, 0.05) is 5.39 Å². The van der Waals surface area contributed by atoms with E-state index in [1.807, 2.05) is 25.0 Å². The number of nitrogens with two attached hydrogens (primary N) is 1. The average molecular weight is 456 g/mol. The fourth-order valence-corrected chi connectivity index (χ4v) is 6.05. The van der Waals surface area contributed by atoms with Crippen LogP contribution >= 0.6 is 11.3 Å². The van der Waals surface area contributed by atoms with Crippen molar-refractivity contribution in [2.75, 3.05) is 11.6 Å². The van der Waals surface area contributed by atoms with Gasteiger partial charge in [0.1, 0.15) is 0 Å². The highest BCUT2D eigenvalue weighted by molar-refractivity contribution is 7.13. The maximum absolute atomic E-state index is 6.30. The molecule has 6 nitrogen and oxygen atoms in total. The summed E-state index contributed by atoms with van der Waals surface area (Å²) in [5, 5.41) is 5.72. The number of hydrogen-bond donors (Lipinski definition) is 1. The second kappa shape index (κ2) is 8.33. The lowest BCUT2D eigenvalue weighted by Crippen LogP contribution is -2.62. The van der Waals surface area contributed by atoms with Gasteiger partial charge in [-0.25, -0.2) is 15.0 Å². The number of hydrogen-bond acceptors (Lipinski definition) is 6. The lowest BCUT2D eigenvalue weighted by molar-refractivity contribution is -0.746. The van der Waals surface area contributed by atoms with E-state index >= 15 is 0 Å². The van der Waals surface area contributed by atoms with Crippen molar-refractivity contribution in [3.8, 4) is 10.6 Å². The first-order valence-corrected chi connectivity index (χ1v) is 12.5. The van der Waals surface area contributed by atoms with Crippen molar-refractivity contribution in [3.63, 3.8) is 0 Å². The summed E-state index contributed by atoms with van der Waals surface area (Å²) in [6, 6.07) is 15.4. The molecule has 0 bridgehead atoms. The standard InChI is InChI=1S/C26H27N6S/c27-15-20-4-1-2-5-25(20)31(32-12-11-28-16-22(32)17-29-18-32)21-9-7-19-8-10-23(30-24(19)14-21)26-6-3-13-33-26/h3,6-14,16-18,20,25H,1-2,4-5,15,27H2/q+1. The lowest BCUT2D eigenvalue weighted by Gasteiger charge is -2.47. The molecular formula is C26H27N6S+. The van der Waals surface area contributed by atoms with E-state index in [0.29, 0.717) is 23.1 Å². The maximum Gasteiger partial charge on any atom is 0.225 e. The van der Waals surface area contributed by atoms with E-state index in [1.165, 1.54) is 17.7 Å². The number of thiophene rings is 1. The molecule has 1 aliphatic carbocycles. The van der Waals surface area contributed by atoms with E-state index in [2.05, 4.69) is 69.0 Å². The van der Waals surface area contributed by atoms with Crippen LogP contribution in [-0.4, -0.2) is 34.7 Å². The normalized spacial score (nSPS) is 25.9. The molecule has 1 saturated carbocycles. The molecule has 3 unspecified atom stereocenters. The fraction of sp³-hybridized carbons (Fsp3) is 0.269. The van der Waals surface area contributed by atoms with Crippen LogP contribution in [0.15, 0.2) is 82.1 Å². The zero-order chi connectivity index (χ0) is 22.3. The van der Waals surface area contributed by atoms with Crippen LogP contribution < -0.4 is 10.7 Å². The number of allylic oxidation sites excluding steroid dienone is 1. The third kappa shape index (κ3) is 3.44. The third-order valence-electron chi connectivity index (χ3n) is 7.01. The Hall–Kier alpha value is -3.13. The van der Waals surface area contributed by atoms with Gasteiger partial charge >= 0.3 is 0 Å². The summed E-state index contributed by atoms with van der Waals surface area (Å²) in [4.78, 5) is 15.2. The van der Waals surface area contributed by atoms with Crippen molar-refractivity contribution in [2.45, 2.75) is 31.7 Å². The lowest BCUT2D eigenvalue weighted by atomic mass is 9.83. The van der Waals surface area contributed by atoms with E-state index in [1.54, 1.807) is 11.3 Å². The van der Waals surface area contributed by atoms with Gasteiger partial charge in [0.15, 0.2) is 6.20 Å². The van der Waals surface area contributed by atoms with E-state index in [-0.39, 0.29) is 0 Å². The first kappa shape index (κ1) is 20.5. The Labute approximate surface area is 197 Å². The van der Waals surface area contributed by atoms with Gasteiger partial charge in [0.25, 0.3) is 0 Å². The van der Waals surface area contributed by atoms with Crippen LogP contribution in [0.5, 0.6) is 0 Å². The maximum atomic E-state index is 6.30. The zero-order valence-electron chi connectivity index (χ0n) is 18.4. The molecule has 2 N–H and O–H groups in total. The van der Waals surface area contributed by atoms with Crippen LogP contribution in [0.2, 0.25) is 0 Å². The second-order valence-corrected chi connectivity index (χ2v) is 9.82. The number of fused-ring (bicyclic) bond motifs is 2. The molecule has 2 aliphatic heterocycles. The molecule has 0 saturated heterocycles. The van der Waals surface area contributed by atoms with Crippen LogP contribution in [0.3, 0.4) is 0 Å². The van der Waals surface area contributed by atoms with Crippen molar-refractivity contribution in [2.24, 2.45) is 21.6 Å². The number of aliphatic imine (C=N–C) groups is 2. The topological polar surface area (TPSA) is 66.9 Å². The van der Waals surface area contributed by atoms with Crippen molar-refractivity contribution in [3.05, 3.63) is 72.1 Å². The number of aromatic nitrogens is 1. The summed E-state index contributed by atoms with van der Waals surface area (Å²) in [6.07, 6.45) is 14.5. The van der Waals surface area contributed by atoms with Gasteiger partial charge in [-0.2, -0.15) is 0 Å². The summed E-state index contributed by atoms with van der Waals surface area (Å²) in [5.74, 6) is 0.426. The minimum absolute atomic E-state index is 0.297. The Bertz CT molecular complexity index is 1290. The minimum atomic E-state index is 0.297. The number of rotatable bonds is 5. The van der Waals surface area contributed by atoms with E-state index in [0.717, 1.165) is 40.8 Å². The molecule has 1 aromatic carbocycles. The van der Waals surface area contributed by atoms with Crippen LogP contribution in [-0.2, 0) is 0 Å². The molecular weight excluding hydrogens is 428 g/mol. The molecule has 0 spiro atoms. The molecule has 3 atom stereocenters. The van der Waals surface area contributed by atoms with E-state index in [4.69, 9.17) is 10.7 Å². The molecule has 3 aliphatic rings. The highest BCUT2D eigenvalue weighted by Crippen LogP contribution is 2.40. The molecule has 2 aromatic heterocycles. The first-order valence-electron chi connectivity index (χ1n) is 11.6. The SMILES string of the molecule is NCC1CCCCC1N(c1ccc2ccc(-c3cccs3)nc2c1)[N+]12C=CN=CC1=CN=C2. The van der Waals surface area contributed by atoms with Crippen molar-refractivity contribution in [1.82, 2.24) is 4.98 Å². The van der Waals surface area contributed by atoms with Crippen molar-refractivity contribution >= 4 is 40.5 Å². The van der Waals surface area contributed by atoms with Crippen LogP contribution in [0.4, 0.5) is 5.69 Å². The molecule has 7 heteroatoms. The Balaban J connectivity index is 1.51. The van der Waals surface area contributed by atoms with Gasteiger partial charge in [0.05, 0.1) is 46.4 Å². The van der Waals surface area contributed by atoms with Gasteiger partial charge in [-0.05, 0) is 54.9 Å². The number of quaternary nitrogens is 1. The molecule has 1 fully saturated rings. The Morgan fingerprint density at radius 2 is 2.00 bits per heavy atom. The average Bonchev–Trinajstić information content (AvgIpc) is 3.55. The van der Waals surface area contributed by atoms with Gasteiger partial charge in [-0.15, -0.1) is 15.9 Å². The van der Waals surface area contributed by atoms with E-state index in [9.17, 15) is 0 Å². The van der Waals surface area contributed by atoms with Crippen LogP contribution in [0.25, 0.3) is 21.5 Å². The number of pyridine rings is 1. The first-order chi connectivity index (χ1) is 16.3. The second-order valence-electron chi connectivity index (χ2n) is 8.88. The Morgan fingerprint density at radius 3 is 2.88 bits per heavy atom. The molecule has 0 amide bonds. The minimum Gasteiger partial charge on any atom is -0.330 e. The van der Waals surface area contributed by atoms with Crippen LogP contribution in [0.1, 0.15) is 25.7 Å². The smallest absolute Gasteiger partial charge is 0.225 e. The van der Waals surface area contributed by atoms with Gasteiger partial charge in [-0.1, -0.05) is 31.0 Å². The molecule has 166 valence electrons.